The van der Waals surface area contributed by atoms with Crippen molar-refractivity contribution < 1.29 is 4.74 Å². The third-order valence-corrected chi connectivity index (χ3v) is 2.90. The minimum atomic E-state index is 0.575. The fourth-order valence-corrected chi connectivity index (χ4v) is 1.81. The van der Waals surface area contributed by atoms with Gasteiger partial charge in [0.15, 0.2) is 0 Å². The minimum Gasteiger partial charge on any atom is -0.478 e. The molecule has 106 valence electrons. The number of rotatable bonds is 6. The van der Waals surface area contributed by atoms with Crippen LogP contribution in [0.25, 0.3) is 0 Å². The van der Waals surface area contributed by atoms with Crippen LogP contribution >= 0.6 is 11.6 Å². The van der Waals surface area contributed by atoms with Crippen molar-refractivity contribution in [2.45, 2.75) is 26.8 Å². The number of aryl methyl sites for hydroxylation is 1. The van der Waals surface area contributed by atoms with Gasteiger partial charge in [0.1, 0.15) is 0 Å². The molecule has 1 aromatic heterocycles. The zero-order valence-corrected chi connectivity index (χ0v) is 12.4. The van der Waals surface area contributed by atoms with Crippen LogP contribution in [-0.2, 0) is 6.54 Å². The third kappa shape index (κ3) is 4.38. The summed E-state index contributed by atoms with van der Waals surface area (Å²) < 4.78 is 5.54. The maximum Gasteiger partial charge on any atom is 0.226 e. The quantitative estimate of drug-likeness (QED) is 0.878. The van der Waals surface area contributed by atoms with Gasteiger partial charge in [0, 0.05) is 23.3 Å². The predicted octanol–water partition coefficient (Wildman–Crippen LogP) is 3.84. The standard InChI is InChI=1S/C15H18ClN3O/c1-3-8-20-14-9-11(2)18-15(19-14)17-10-12-4-6-13(16)7-5-12/h4-7,9H,3,8,10H2,1-2H3,(H,17,18,19). The molecular weight excluding hydrogens is 274 g/mol. The highest BCUT2D eigenvalue weighted by Gasteiger charge is 2.03. The Hall–Kier alpha value is -1.81. The van der Waals surface area contributed by atoms with E-state index in [0.29, 0.717) is 25.0 Å². The van der Waals surface area contributed by atoms with Gasteiger partial charge in [0.2, 0.25) is 11.8 Å². The molecule has 0 fully saturated rings. The second-order valence-corrected chi connectivity index (χ2v) is 4.94. The molecule has 0 radical (unpaired) electrons. The highest BCUT2D eigenvalue weighted by atomic mass is 35.5. The van der Waals surface area contributed by atoms with Gasteiger partial charge in [0.25, 0.3) is 0 Å². The molecule has 0 unspecified atom stereocenters. The molecule has 1 N–H and O–H groups in total. The van der Waals surface area contributed by atoms with E-state index in [4.69, 9.17) is 16.3 Å². The molecule has 0 saturated carbocycles. The molecule has 1 aromatic carbocycles. The molecule has 0 aliphatic rings. The van der Waals surface area contributed by atoms with Gasteiger partial charge >= 0.3 is 0 Å². The van der Waals surface area contributed by atoms with E-state index in [0.717, 1.165) is 22.7 Å². The number of hydrogen-bond acceptors (Lipinski definition) is 4. The molecule has 0 atom stereocenters. The molecule has 0 aliphatic heterocycles. The first kappa shape index (κ1) is 14.6. The Balaban J connectivity index is 2.01. The molecule has 0 saturated heterocycles. The maximum absolute atomic E-state index is 5.86. The third-order valence-electron chi connectivity index (χ3n) is 2.65. The average molecular weight is 292 g/mol. The lowest BCUT2D eigenvalue weighted by Gasteiger charge is -2.09. The SMILES string of the molecule is CCCOc1cc(C)nc(NCc2ccc(Cl)cc2)n1. The normalized spacial score (nSPS) is 10.3. The van der Waals surface area contributed by atoms with E-state index in [2.05, 4.69) is 22.2 Å². The van der Waals surface area contributed by atoms with Gasteiger partial charge in [0.05, 0.1) is 6.61 Å². The van der Waals surface area contributed by atoms with Crippen molar-refractivity contribution in [3.63, 3.8) is 0 Å². The van der Waals surface area contributed by atoms with Gasteiger partial charge < -0.3 is 10.1 Å². The van der Waals surface area contributed by atoms with E-state index in [1.165, 1.54) is 0 Å². The van der Waals surface area contributed by atoms with Crippen molar-refractivity contribution in [3.8, 4) is 5.88 Å². The van der Waals surface area contributed by atoms with Crippen LogP contribution < -0.4 is 10.1 Å². The Morgan fingerprint density at radius 1 is 1.20 bits per heavy atom. The molecule has 1 heterocycles. The average Bonchev–Trinajstić information content (AvgIpc) is 2.44. The molecule has 20 heavy (non-hydrogen) atoms. The molecule has 0 spiro atoms. The number of nitrogens with one attached hydrogen (secondary N) is 1. The monoisotopic (exact) mass is 291 g/mol. The Bertz CT molecular complexity index is 558. The first-order valence-electron chi connectivity index (χ1n) is 6.64. The summed E-state index contributed by atoms with van der Waals surface area (Å²) in [5.74, 6) is 1.18. The maximum atomic E-state index is 5.86. The smallest absolute Gasteiger partial charge is 0.226 e. The van der Waals surface area contributed by atoms with Crippen molar-refractivity contribution >= 4 is 17.5 Å². The van der Waals surface area contributed by atoms with Crippen LogP contribution in [-0.4, -0.2) is 16.6 Å². The first-order valence-corrected chi connectivity index (χ1v) is 7.02. The summed E-state index contributed by atoms with van der Waals surface area (Å²) in [6.07, 6.45) is 0.955. The number of benzene rings is 1. The Morgan fingerprint density at radius 2 is 1.95 bits per heavy atom. The van der Waals surface area contributed by atoms with Crippen molar-refractivity contribution in [2.24, 2.45) is 0 Å². The molecule has 4 nitrogen and oxygen atoms in total. The molecule has 2 aromatic rings. The summed E-state index contributed by atoms with van der Waals surface area (Å²) in [4.78, 5) is 8.68. The topological polar surface area (TPSA) is 47.0 Å². The number of anilines is 1. The van der Waals surface area contributed by atoms with Crippen molar-refractivity contribution in [1.82, 2.24) is 9.97 Å². The Kier molecular flexibility index (Phi) is 5.18. The van der Waals surface area contributed by atoms with Gasteiger partial charge in [-0.2, -0.15) is 4.98 Å². The summed E-state index contributed by atoms with van der Waals surface area (Å²) in [5, 5.41) is 3.92. The van der Waals surface area contributed by atoms with Crippen molar-refractivity contribution in [1.29, 1.82) is 0 Å². The summed E-state index contributed by atoms with van der Waals surface area (Å²) in [6.45, 7) is 5.29. The summed E-state index contributed by atoms with van der Waals surface area (Å²) >= 11 is 5.86. The molecule has 5 heteroatoms. The molecule has 2 rings (SSSR count). The van der Waals surface area contributed by atoms with E-state index >= 15 is 0 Å². The molecule has 0 bridgehead atoms. The predicted molar refractivity (Wildman–Crippen MR) is 81.3 cm³/mol. The van der Waals surface area contributed by atoms with Gasteiger partial charge in [-0.15, -0.1) is 0 Å². The number of hydrogen-bond donors (Lipinski definition) is 1. The first-order chi connectivity index (χ1) is 9.67. The van der Waals surface area contributed by atoms with Crippen LogP contribution in [0.4, 0.5) is 5.95 Å². The van der Waals surface area contributed by atoms with E-state index in [-0.39, 0.29) is 0 Å². The van der Waals surface area contributed by atoms with E-state index < -0.39 is 0 Å². The van der Waals surface area contributed by atoms with E-state index in [1.54, 1.807) is 0 Å². The van der Waals surface area contributed by atoms with Gasteiger partial charge in [-0.3, -0.25) is 0 Å². The fourth-order valence-electron chi connectivity index (χ4n) is 1.68. The number of aromatic nitrogens is 2. The molecule has 0 amide bonds. The van der Waals surface area contributed by atoms with Crippen LogP contribution in [0.15, 0.2) is 30.3 Å². The summed E-state index contributed by atoms with van der Waals surface area (Å²) in [7, 11) is 0. The molecule has 0 aliphatic carbocycles. The highest BCUT2D eigenvalue weighted by Crippen LogP contribution is 2.14. The lowest BCUT2D eigenvalue weighted by molar-refractivity contribution is 0.305. The zero-order valence-electron chi connectivity index (χ0n) is 11.7. The summed E-state index contributed by atoms with van der Waals surface area (Å²) in [6, 6.07) is 9.51. The van der Waals surface area contributed by atoms with Crippen LogP contribution in [0.5, 0.6) is 5.88 Å². The number of ether oxygens (including phenoxy) is 1. The van der Waals surface area contributed by atoms with Crippen LogP contribution in [0.1, 0.15) is 24.6 Å². The van der Waals surface area contributed by atoms with Crippen LogP contribution in [0.2, 0.25) is 5.02 Å². The lowest BCUT2D eigenvalue weighted by Crippen LogP contribution is -2.06. The van der Waals surface area contributed by atoms with Crippen molar-refractivity contribution in [2.75, 3.05) is 11.9 Å². The largest absolute Gasteiger partial charge is 0.478 e. The van der Waals surface area contributed by atoms with Crippen LogP contribution in [0.3, 0.4) is 0 Å². The lowest BCUT2D eigenvalue weighted by atomic mass is 10.2. The van der Waals surface area contributed by atoms with Crippen LogP contribution in [0, 0.1) is 6.92 Å². The second-order valence-electron chi connectivity index (χ2n) is 4.50. The zero-order chi connectivity index (χ0) is 14.4. The van der Waals surface area contributed by atoms with Crippen molar-refractivity contribution in [3.05, 3.63) is 46.6 Å². The van der Waals surface area contributed by atoms with E-state index in [1.807, 2.05) is 37.3 Å². The second kappa shape index (κ2) is 7.10. The Morgan fingerprint density at radius 3 is 2.65 bits per heavy atom. The minimum absolute atomic E-state index is 0.575. The number of halogens is 1. The summed E-state index contributed by atoms with van der Waals surface area (Å²) in [5.41, 5.74) is 2.00. The van der Waals surface area contributed by atoms with Gasteiger partial charge in [-0.05, 0) is 31.0 Å². The van der Waals surface area contributed by atoms with E-state index in [9.17, 15) is 0 Å². The van der Waals surface area contributed by atoms with Gasteiger partial charge in [-0.25, -0.2) is 4.98 Å². The molecular formula is C15H18ClN3O. The number of nitrogens with zero attached hydrogens (tertiary/aromatic N) is 2. The highest BCUT2D eigenvalue weighted by molar-refractivity contribution is 6.30. The van der Waals surface area contributed by atoms with Gasteiger partial charge in [-0.1, -0.05) is 30.7 Å². The fraction of sp³-hybridized carbons (Fsp3) is 0.333. The Labute approximate surface area is 124 Å².